The molecule has 2 aromatic carbocycles. The van der Waals surface area contributed by atoms with Gasteiger partial charge in [0.15, 0.2) is 0 Å². The molecule has 2 aromatic rings. The molecule has 1 aliphatic rings. The van der Waals surface area contributed by atoms with Crippen LogP contribution in [0.2, 0.25) is 0 Å². The summed E-state index contributed by atoms with van der Waals surface area (Å²) in [4.78, 5) is 22.9. The lowest BCUT2D eigenvalue weighted by molar-refractivity contribution is -0.159. The second-order valence-corrected chi connectivity index (χ2v) is 7.19. The number of hydrogen-bond donors (Lipinski definition) is 2. The minimum absolute atomic E-state index is 0.587. The molecule has 1 saturated heterocycles. The van der Waals surface area contributed by atoms with E-state index in [1.54, 1.807) is 12.1 Å². The van der Waals surface area contributed by atoms with Crippen molar-refractivity contribution in [3.63, 3.8) is 0 Å². The lowest BCUT2D eigenvalue weighted by Gasteiger charge is -2.34. The van der Waals surface area contributed by atoms with Crippen LogP contribution in [0, 0.1) is 0 Å². The fraction of sp³-hybridized carbons (Fsp3) is 0.304. The molecule has 32 heavy (non-hydrogen) atoms. The normalized spacial score (nSPS) is 15.2. The fourth-order valence-corrected chi connectivity index (χ4v) is 3.09. The highest BCUT2D eigenvalue weighted by molar-refractivity contribution is 6.27. The van der Waals surface area contributed by atoms with Gasteiger partial charge in [-0.15, -0.1) is 0 Å². The topological polar surface area (TPSA) is 81.1 Å². The van der Waals surface area contributed by atoms with Crippen LogP contribution in [0.4, 0.5) is 13.2 Å². The Morgan fingerprint density at radius 1 is 0.844 bits per heavy atom. The number of benzene rings is 2. The Labute approximate surface area is 184 Å². The van der Waals surface area contributed by atoms with Crippen LogP contribution in [-0.2, 0) is 22.3 Å². The van der Waals surface area contributed by atoms with Crippen molar-refractivity contribution in [3.05, 3.63) is 77.4 Å². The molecule has 2 N–H and O–H groups in total. The summed E-state index contributed by atoms with van der Waals surface area (Å²) in [6, 6.07) is 15.7. The van der Waals surface area contributed by atoms with E-state index in [1.807, 2.05) is 18.2 Å². The van der Waals surface area contributed by atoms with Crippen molar-refractivity contribution in [1.82, 2.24) is 9.80 Å². The Morgan fingerprint density at radius 3 is 1.88 bits per heavy atom. The van der Waals surface area contributed by atoms with E-state index in [2.05, 4.69) is 34.1 Å². The quantitative estimate of drug-likeness (QED) is 0.677. The number of alkyl halides is 3. The average Bonchev–Trinajstić information content (AvgIpc) is 2.76. The number of nitrogens with zero attached hydrogens (tertiary/aromatic N) is 2. The lowest BCUT2D eigenvalue weighted by atomic mass is 10.1. The monoisotopic (exact) mass is 450 g/mol. The van der Waals surface area contributed by atoms with Crippen LogP contribution < -0.4 is 0 Å². The van der Waals surface area contributed by atoms with Crippen LogP contribution in [0.25, 0.3) is 6.08 Å². The number of rotatable bonds is 5. The summed E-state index contributed by atoms with van der Waals surface area (Å²) in [6.07, 6.45) is 0.0485. The minimum atomic E-state index is -4.27. The highest BCUT2D eigenvalue weighted by atomic mass is 19.4. The Kier molecular flexibility index (Phi) is 9.42. The van der Waals surface area contributed by atoms with E-state index in [-0.39, 0.29) is 0 Å². The molecule has 1 fully saturated rings. The standard InChI is InChI=1S/C21H23F3N2.C2H2O4/c22-21(23,24)20-10-8-19(9-11-20)17-26-15-13-25(14-16-26)12-4-7-18-5-2-1-3-6-18;3-1(4)2(5)6/h1-11H,12-17H2;(H,3,4)(H,5,6). The SMILES string of the molecule is FC(F)(F)c1ccc(CN2CCN(CC=Cc3ccccc3)CC2)cc1.O=C(O)C(=O)O. The third-order valence-electron chi connectivity index (χ3n) is 4.81. The van der Waals surface area contributed by atoms with Crippen LogP contribution in [0.3, 0.4) is 0 Å². The molecule has 3 rings (SSSR count). The maximum Gasteiger partial charge on any atom is 0.416 e. The van der Waals surface area contributed by atoms with Gasteiger partial charge in [-0.1, -0.05) is 54.6 Å². The Balaban J connectivity index is 0.000000534. The van der Waals surface area contributed by atoms with Crippen molar-refractivity contribution < 1.29 is 33.0 Å². The summed E-state index contributed by atoms with van der Waals surface area (Å²) in [5.74, 6) is -3.65. The van der Waals surface area contributed by atoms with Crippen molar-refractivity contribution in [3.8, 4) is 0 Å². The Hall–Kier alpha value is -3.17. The predicted octanol–water partition coefficient (Wildman–Crippen LogP) is 3.69. The fourth-order valence-electron chi connectivity index (χ4n) is 3.09. The molecule has 0 atom stereocenters. The van der Waals surface area contributed by atoms with Crippen LogP contribution >= 0.6 is 0 Å². The lowest BCUT2D eigenvalue weighted by Crippen LogP contribution is -2.45. The van der Waals surface area contributed by atoms with E-state index >= 15 is 0 Å². The first-order valence-corrected chi connectivity index (χ1v) is 9.94. The van der Waals surface area contributed by atoms with Gasteiger partial charge in [0.2, 0.25) is 0 Å². The van der Waals surface area contributed by atoms with E-state index in [4.69, 9.17) is 19.8 Å². The van der Waals surface area contributed by atoms with Crippen LogP contribution in [0.5, 0.6) is 0 Å². The number of carboxylic acid groups (broad SMARTS) is 2. The molecule has 9 heteroatoms. The first-order valence-electron chi connectivity index (χ1n) is 9.94. The van der Waals surface area contributed by atoms with Gasteiger partial charge in [-0.2, -0.15) is 13.2 Å². The van der Waals surface area contributed by atoms with Crippen LogP contribution in [0.15, 0.2) is 60.7 Å². The molecular weight excluding hydrogens is 425 g/mol. The zero-order chi connectivity index (χ0) is 23.6. The number of aliphatic carboxylic acids is 2. The molecule has 1 aliphatic heterocycles. The maximum atomic E-state index is 12.6. The number of hydrogen-bond acceptors (Lipinski definition) is 4. The molecule has 0 spiro atoms. The van der Waals surface area contributed by atoms with Crippen LogP contribution in [0.1, 0.15) is 16.7 Å². The second-order valence-electron chi connectivity index (χ2n) is 7.19. The van der Waals surface area contributed by atoms with Crippen molar-refractivity contribution >= 4 is 18.0 Å². The average molecular weight is 450 g/mol. The summed E-state index contributed by atoms with van der Waals surface area (Å²) in [6.45, 7) is 5.43. The van der Waals surface area contributed by atoms with Gasteiger partial charge < -0.3 is 10.2 Å². The first-order chi connectivity index (χ1) is 15.1. The summed E-state index contributed by atoms with van der Waals surface area (Å²) >= 11 is 0. The Morgan fingerprint density at radius 2 is 1.38 bits per heavy atom. The molecule has 1 heterocycles. The zero-order valence-electron chi connectivity index (χ0n) is 17.3. The molecule has 0 aromatic heterocycles. The van der Waals surface area contributed by atoms with Gasteiger partial charge in [0.1, 0.15) is 0 Å². The molecule has 172 valence electrons. The number of carboxylic acids is 2. The van der Waals surface area contributed by atoms with Crippen molar-refractivity contribution in [1.29, 1.82) is 0 Å². The summed E-state index contributed by atoms with van der Waals surface area (Å²) < 4.78 is 37.8. The summed E-state index contributed by atoms with van der Waals surface area (Å²) in [5, 5.41) is 14.8. The number of piperazine rings is 1. The van der Waals surface area contributed by atoms with E-state index in [0.29, 0.717) is 6.54 Å². The van der Waals surface area contributed by atoms with Crippen LogP contribution in [-0.4, -0.2) is 64.7 Å². The summed E-state index contributed by atoms with van der Waals surface area (Å²) in [5.41, 5.74) is 1.54. The Bertz CT molecular complexity index is 880. The largest absolute Gasteiger partial charge is 0.473 e. The van der Waals surface area contributed by atoms with Crippen molar-refractivity contribution in [2.45, 2.75) is 12.7 Å². The highest BCUT2D eigenvalue weighted by Crippen LogP contribution is 2.29. The van der Waals surface area contributed by atoms with Crippen molar-refractivity contribution in [2.75, 3.05) is 32.7 Å². The zero-order valence-corrected chi connectivity index (χ0v) is 17.3. The smallest absolute Gasteiger partial charge is 0.416 e. The maximum absolute atomic E-state index is 12.6. The third kappa shape index (κ3) is 8.91. The van der Waals surface area contributed by atoms with Gasteiger partial charge >= 0.3 is 18.1 Å². The van der Waals surface area contributed by atoms with Gasteiger partial charge in [0.05, 0.1) is 5.56 Å². The predicted molar refractivity (Wildman–Crippen MR) is 114 cm³/mol. The second kappa shape index (κ2) is 12.0. The first kappa shape index (κ1) is 25.1. The number of halogens is 3. The highest BCUT2D eigenvalue weighted by Gasteiger charge is 2.30. The molecule has 0 bridgehead atoms. The van der Waals surface area contributed by atoms with E-state index < -0.39 is 23.7 Å². The van der Waals surface area contributed by atoms with E-state index in [1.165, 1.54) is 17.7 Å². The molecule has 0 radical (unpaired) electrons. The molecule has 0 amide bonds. The van der Waals surface area contributed by atoms with Gasteiger partial charge in [0, 0.05) is 39.3 Å². The molecule has 6 nitrogen and oxygen atoms in total. The van der Waals surface area contributed by atoms with Crippen molar-refractivity contribution in [2.24, 2.45) is 0 Å². The molecule has 0 aliphatic carbocycles. The third-order valence-corrected chi connectivity index (χ3v) is 4.81. The molecule has 0 saturated carbocycles. The summed E-state index contributed by atoms with van der Waals surface area (Å²) in [7, 11) is 0. The van der Waals surface area contributed by atoms with E-state index in [9.17, 15) is 13.2 Å². The minimum Gasteiger partial charge on any atom is -0.473 e. The van der Waals surface area contributed by atoms with Gasteiger partial charge in [-0.05, 0) is 23.3 Å². The van der Waals surface area contributed by atoms with Gasteiger partial charge in [-0.3, -0.25) is 9.80 Å². The number of carbonyl (C=O) groups is 2. The van der Waals surface area contributed by atoms with E-state index in [0.717, 1.165) is 38.3 Å². The molecular formula is C23H25F3N2O4. The van der Waals surface area contributed by atoms with Gasteiger partial charge in [0.25, 0.3) is 0 Å². The van der Waals surface area contributed by atoms with Gasteiger partial charge in [-0.25, -0.2) is 9.59 Å². The molecule has 0 unspecified atom stereocenters.